The van der Waals surface area contributed by atoms with E-state index in [1.165, 1.54) is 22.4 Å². The molecule has 248 valence electrons. The van der Waals surface area contributed by atoms with Gasteiger partial charge in [-0.1, -0.05) is 78.9 Å². The average molecular weight is 646 g/mol. The van der Waals surface area contributed by atoms with Crippen molar-refractivity contribution in [1.29, 1.82) is 5.41 Å². The third kappa shape index (κ3) is 7.25. The summed E-state index contributed by atoms with van der Waals surface area (Å²) in [5.41, 5.74) is 8.47. The maximum Gasteiger partial charge on any atom is 0.203 e. The number of aromatic nitrogens is 2. The molecule has 4 aromatic carbocycles. The van der Waals surface area contributed by atoms with E-state index in [4.69, 9.17) is 10.1 Å². The Labute approximate surface area is 281 Å². The van der Waals surface area contributed by atoms with Crippen molar-refractivity contribution >= 4 is 16.7 Å². The lowest BCUT2D eigenvalue weighted by atomic mass is 9.99. The Morgan fingerprint density at radius 3 is 2.21 bits per heavy atom. The van der Waals surface area contributed by atoms with Gasteiger partial charge in [-0.15, -0.1) is 0 Å². The molecule has 7 nitrogen and oxygen atoms in total. The molecule has 0 saturated carbocycles. The SMILES string of the molecule is N=c1n(Cc2ccc(N3CCN(Cc4ccccc4-c4ccccc4)CC3)cc2)c2ccccc2n1CC(O)COC1=CCC(F)CC1. The van der Waals surface area contributed by atoms with Crippen LogP contribution in [0.1, 0.15) is 30.4 Å². The quantitative estimate of drug-likeness (QED) is 0.167. The highest BCUT2D eigenvalue weighted by atomic mass is 19.1. The largest absolute Gasteiger partial charge is 0.496 e. The predicted molar refractivity (Wildman–Crippen MR) is 189 cm³/mol. The Morgan fingerprint density at radius 2 is 1.48 bits per heavy atom. The third-order valence-electron chi connectivity index (χ3n) is 9.64. The van der Waals surface area contributed by atoms with Gasteiger partial charge in [0, 0.05) is 51.3 Å². The number of anilines is 1. The zero-order chi connectivity index (χ0) is 32.9. The van der Waals surface area contributed by atoms with Crippen LogP contribution in [0.5, 0.6) is 0 Å². The summed E-state index contributed by atoms with van der Waals surface area (Å²) < 4.78 is 23.1. The molecule has 2 aliphatic rings. The van der Waals surface area contributed by atoms with E-state index in [2.05, 4.69) is 88.7 Å². The van der Waals surface area contributed by atoms with Crippen molar-refractivity contribution in [2.45, 2.75) is 51.2 Å². The first kappa shape index (κ1) is 31.9. The Hall–Kier alpha value is -4.66. The predicted octanol–water partition coefficient (Wildman–Crippen LogP) is 6.74. The van der Waals surface area contributed by atoms with Gasteiger partial charge in [0.2, 0.25) is 5.62 Å². The van der Waals surface area contributed by atoms with Crippen molar-refractivity contribution in [1.82, 2.24) is 14.0 Å². The molecule has 1 saturated heterocycles. The minimum Gasteiger partial charge on any atom is -0.496 e. The van der Waals surface area contributed by atoms with Crippen LogP contribution in [0, 0.1) is 5.41 Å². The first-order valence-electron chi connectivity index (χ1n) is 17.1. The standard InChI is InChI=1S/C40H44FN5O2/c41-33-16-20-36(21-17-33)48-29-35(47)28-46-39-13-7-6-12-38(39)45(40(46)42)26-30-14-18-34(19-15-30)44-24-22-43(23-25-44)27-32-10-4-5-11-37(32)31-8-2-1-3-9-31/h1-15,18-20,33,35,42,47H,16-17,21-29H2. The van der Waals surface area contributed by atoms with Crippen molar-refractivity contribution in [3.8, 4) is 11.1 Å². The number of nitrogens with zero attached hydrogens (tertiary/aromatic N) is 4. The Kier molecular flexibility index (Phi) is 9.72. The lowest BCUT2D eigenvalue weighted by Gasteiger charge is -2.36. The molecule has 8 heteroatoms. The fourth-order valence-corrected chi connectivity index (χ4v) is 6.97. The van der Waals surface area contributed by atoms with Gasteiger partial charge in [0.25, 0.3) is 0 Å². The Morgan fingerprint density at radius 1 is 0.792 bits per heavy atom. The zero-order valence-electron chi connectivity index (χ0n) is 27.3. The number of fused-ring (bicyclic) bond motifs is 1. The van der Waals surface area contributed by atoms with Crippen LogP contribution in [0.4, 0.5) is 10.1 Å². The maximum absolute atomic E-state index is 13.4. The molecular weight excluding hydrogens is 601 g/mol. The monoisotopic (exact) mass is 645 g/mol. The van der Waals surface area contributed by atoms with Crippen LogP contribution in [0.25, 0.3) is 22.2 Å². The number of aliphatic hydroxyl groups is 1. The van der Waals surface area contributed by atoms with E-state index in [0.29, 0.717) is 31.4 Å². The Balaban J connectivity index is 0.975. The molecule has 2 unspecified atom stereocenters. The summed E-state index contributed by atoms with van der Waals surface area (Å²) >= 11 is 0. The van der Waals surface area contributed by atoms with E-state index in [1.54, 1.807) is 6.08 Å². The van der Waals surface area contributed by atoms with Crippen LogP contribution in [0.3, 0.4) is 0 Å². The van der Waals surface area contributed by atoms with E-state index >= 15 is 0 Å². The molecule has 2 atom stereocenters. The van der Waals surface area contributed by atoms with Gasteiger partial charge >= 0.3 is 0 Å². The fourth-order valence-electron chi connectivity index (χ4n) is 6.97. The number of rotatable bonds is 11. The van der Waals surface area contributed by atoms with Crippen molar-refractivity contribution in [3.63, 3.8) is 0 Å². The molecular formula is C40H44FN5O2. The van der Waals surface area contributed by atoms with Crippen LogP contribution >= 0.6 is 0 Å². The smallest absolute Gasteiger partial charge is 0.203 e. The second-order valence-corrected chi connectivity index (χ2v) is 13.0. The second kappa shape index (κ2) is 14.6. The minimum atomic E-state index is -0.804. The van der Waals surface area contributed by atoms with E-state index in [0.717, 1.165) is 55.1 Å². The molecule has 1 aromatic heterocycles. The van der Waals surface area contributed by atoms with E-state index in [-0.39, 0.29) is 13.2 Å². The summed E-state index contributed by atoms with van der Waals surface area (Å²) in [5, 5.41) is 19.9. The minimum absolute atomic E-state index is 0.117. The maximum atomic E-state index is 13.4. The number of imidazole rings is 1. The van der Waals surface area contributed by atoms with Gasteiger partial charge in [0.05, 0.1) is 29.9 Å². The highest BCUT2D eigenvalue weighted by molar-refractivity contribution is 5.76. The van der Waals surface area contributed by atoms with Crippen LogP contribution in [-0.2, 0) is 24.4 Å². The first-order valence-corrected chi connectivity index (χ1v) is 17.1. The zero-order valence-corrected chi connectivity index (χ0v) is 27.3. The van der Waals surface area contributed by atoms with Crippen molar-refractivity contribution < 1.29 is 14.2 Å². The van der Waals surface area contributed by atoms with Crippen molar-refractivity contribution in [3.05, 3.63) is 132 Å². The topological polar surface area (TPSA) is 69.7 Å². The van der Waals surface area contributed by atoms with Crippen molar-refractivity contribution in [2.24, 2.45) is 0 Å². The van der Waals surface area contributed by atoms with E-state index in [9.17, 15) is 9.50 Å². The highest BCUT2D eigenvalue weighted by Gasteiger charge is 2.20. The number of hydrogen-bond acceptors (Lipinski definition) is 5. The number of hydrogen-bond donors (Lipinski definition) is 2. The summed E-state index contributed by atoms with van der Waals surface area (Å²) in [5.74, 6) is 0.747. The fraction of sp³-hybridized carbons (Fsp3) is 0.325. The first-order chi connectivity index (χ1) is 23.5. The molecule has 48 heavy (non-hydrogen) atoms. The molecule has 1 fully saturated rings. The second-order valence-electron chi connectivity index (χ2n) is 13.0. The van der Waals surface area contributed by atoms with E-state index < -0.39 is 12.3 Å². The molecule has 0 bridgehead atoms. The molecule has 0 spiro atoms. The normalized spacial score (nSPS) is 17.8. The number of aliphatic hydroxyl groups excluding tert-OH is 1. The molecule has 2 heterocycles. The molecule has 2 N–H and O–H groups in total. The summed E-state index contributed by atoms with van der Waals surface area (Å²) in [6.45, 7) is 5.84. The number of benzene rings is 4. The Bertz CT molecular complexity index is 1910. The molecule has 7 rings (SSSR count). The van der Waals surface area contributed by atoms with Crippen LogP contribution in [-0.4, -0.2) is 64.2 Å². The van der Waals surface area contributed by atoms with Crippen LogP contribution < -0.4 is 10.5 Å². The summed E-state index contributed by atoms with van der Waals surface area (Å²) in [6, 6.07) is 36.1. The van der Waals surface area contributed by atoms with Gasteiger partial charge in [-0.2, -0.15) is 0 Å². The lowest BCUT2D eigenvalue weighted by Crippen LogP contribution is -2.46. The van der Waals surface area contributed by atoms with Gasteiger partial charge < -0.3 is 23.9 Å². The molecule has 1 aliphatic carbocycles. The number of allylic oxidation sites excluding steroid dienone is 2. The summed E-state index contributed by atoms with van der Waals surface area (Å²) in [6.07, 6.45) is 1.58. The summed E-state index contributed by atoms with van der Waals surface area (Å²) in [4.78, 5) is 5.01. The van der Waals surface area contributed by atoms with Crippen molar-refractivity contribution in [2.75, 3.05) is 37.7 Å². The van der Waals surface area contributed by atoms with Crippen LogP contribution in [0.2, 0.25) is 0 Å². The lowest BCUT2D eigenvalue weighted by molar-refractivity contribution is 0.0533. The number of halogens is 1. The number of nitrogens with one attached hydrogen (secondary N) is 1. The molecule has 5 aromatic rings. The van der Waals surface area contributed by atoms with Gasteiger partial charge in [-0.25, -0.2) is 4.39 Å². The van der Waals surface area contributed by atoms with Gasteiger partial charge in [-0.3, -0.25) is 10.3 Å². The number of piperazine rings is 1. The number of para-hydroxylation sites is 2. The highest BCUT2D eigenvalue weighted by Crippen LogP contribution is 2.26. The van der Waals surface area contributed by atoms with E-state index in [1.807, 2.05) is 33.4 Å². The third-order valence-corrected chi connectivity index (χ3v) is 9.64. The van der Waals surface area contributed by atoms with Gasteiger partial charge in [0.1, 0.15) is 18.9 Å². The average Bonchev–Trinajstić information content (AvgIpc) is 3.38. The summed E-state index contributed by atoms with van der Waals surface area (Å²) in [7, 11) is 0. The van der Waals surface area contributed by atoms with Gasteiger partial charge in [-0.05, 0) is 59.0 Å². The molecule has 0 amide bonds. The molecule has 0 radical (unpaired) electrons. The molecule has 1 aliphatic heterocycles. The van der Waals surface area contributed by atoms with Crippen LogP contribution in [0.15, 0.2) is 115 Å². The number of ether oxygens (including phenoxy) is 1. The number of alkyl halides is 1. The van der Waals surface area contributed by atoms with Gasteiger partial charge in [0.15, 0.2) is 0 Å².